The van der Waals surface area contributed by atoms with E-state index in [4.69, 9.17) is 4.52 Å². The number of hydrogen-bond acceptors (Lipinski definition) is 5. The van der Waals surface area contributed by atoms with Gasteiger partial charge in [0.25, 0.3) is 5.89 Å². The van der Waals surface area contributed by atoms with Crippen molar-refractivity contribution in [3.63, 3.8) is 0 Å². The quantitative estimate of drug-likeness (QED) is 0.289. The molecule has 2 heterocycles. The van der Waals surface area contributed by atoms with Crippen LogP contribution >= 0.6 is 24.0 Å². The minimum Gasteiger partial charge on any atom is -0.357 e. The highest BCUT2D eigenvalue weighted by molar-refractivity contribution is 14.0. The summed E-state index contributed by atoms with van der Waals surface area (Å²) in [5.74, 6) is 1.83. The molecule has 0 radical (unpaired) electrons. The SMILES string of the molecule is CCNC(=NCCc1ccc(-c2nc(CC)no2)cc1)NC1CCN(CC(F)(F)F)C1.I. The molecule has 11 heteroatoms. The molecule has 2 aromatic rings. The van der Waals surface area contributed by atoms with Crippen LogP contribution in [0.3, 0.4) is 0 Å². The lowest BCUT2D eigenvalue weighted by Gasteiger charge is -2.19. The van der Waals surface area contributed by atoms with Crippen molar-refractivity contribution in [2.75, 3.05) is 32.7 Å². The van der Waals surface area contributed by atoms with Crippen molar-refractivity contribution >= 4 is 29.9 Å². The minimum absolute atomic E-state index is 0. The molecule has 1 unspecified atom stereocenters. The number of halogens is 4. The molecule has 178 valence electrons. The fourth-order valence-electron chi connectivity index (χ4n) is 3.49. The van der Waals surface area contributed by atoms with Crippen LogP contribution in [0.2, 0.25) is 0 Å². The van der Waals surface area contributed by atoms with Gasteiger partial charge in [0.05, 0.1) is 6.54 Å². The molecule has 1 aliphatic rings. The second kappa shape index (κ2) is 12.4. The zero-order chi connectivity index (χ0) is 22.3. The predicted octanol–water partition coefficient (Wildman–Crippen LogP) is 3.65. The lowest BCUT2D eigenvalue weighted by atomic mass is 10.1. The van der Waals surface area contributed by atoms with E-state index in [-0.39, 0.29) is 30.0 Å². The number of likely N-dealkylation sites (tertiary alicyclic amines) is 1. The second-order valence-corrected chi connectivity index (χ2v) is 7.56. The molecule has 7 nitrogen and oxygen atoms in total. The number of nitrogens with one attached hydrogen (secondary N) is 2. The summed E-state index contributed by atoms with van der Waals surface area (Å²) in [4.78, 5) is 10.3. The minimum atomic E-state index is -4.16. The van der Waals surface area contributed by atoms with E-state index < -0.39 is 12.7 Å². The maximum Gasteiger partial charge on any atom is 0.401 e. The Labute approximate surface area is 203 Å². The Morgan fingerprint density at radius 2 is 2.00 bits per heavy atom. The average Bonchev–Trinajstić information content (AvgIpc) is 3.37. The standard InChI is InChI=1S/C21H29F3N6O.HI/c1-3-18-28-19(31-29-18)16-7-5-15(6-8-16)9-11-26-20(25-4-2)27-17-10-12-30(13-17)14-21(22,23)24;/h5-8,17H,3-4,9-14H2,1-2H3,(H2,25,26,27);1H. The number of alkyl halides is 3. The van der Waals surface area contributed by atoms with Gasteiger partial charge >= 0.3 is 6.18 Å². The molecular formula is C21H30F3IN6O. The van der Waals surface area contributed by atoms with Gasteiger partial charge in [-0.1, -0.05) is 24.2 Å². The molecule has 1 aromatic heterocycles. The summed E-state index contributed by atoms with van der Waals surface area (Å²) in [5.41, 5.74) is 2.00. The van der Waals surface area contributed by atoms with Crippen LogP contribution in [0, 0.1) is 0 Å². The van der Waals surface area contributed by atoms with Crippen LogP contribution in [0.1, 0.15) is 31.7 Å². The second-order valence-electron chi connectivity index (χ2n) is 7.56. The van der Waals surface area contributed by atoms with Gasteiger partial charge in [0, 0.05) is 44.2 Å². The number of benzene rings is 1. The Morgan fingerprint density at radius 3 is 2.62 bits per heavy atom. The van der Waals surface area contributed by atoms with Crippen molar-refractivity contribution in [3.05, 3.63) is 35.7 Å². The van der Waals surface area contributed by atoms with Crippen molar-refractivity contribution < 1.29 is 17.7 Å². The summed E-state index contributed by atoms with van der Waals surface area (Å²) in [6, 6.07) is 7.87. The molecule has 0 saturated carbocycles. The van der Waals surface area contributed by atoms with E-state index in [1.807, 2.05) is 38.1 Å². The van der Waals surface area contributed by atoms with Crippen molar-refractivity contribution in [2.45, 2.75) is 45.3 Å². The first-order valence-corrected chi connectivity index (χ1v) is 10.6. The molecule has 1 aromatic carbocycles. The van der Waals surface area contributed by atoms with Crippen molar-refractivity contribution in [3.8, 4) is 11.5 Å². The molecule has 1 atom stereocenters. The Hall–Kier alpha value is -1.89. The number of rotatable bonds is 8. The zero-order valence-corrected chi connectivity index (χ0v) is 20.6. The highest BCUT2D eigenvalue weighted by atomic mass is 127. The number of aryl methyl sites for hydroxylation is 1. The first-order valence-electron chi connectivity index (χ1n) is 10.6. The topological polar surface area (TPSA) is 78.6 Å². The summed E-state index contributed by atoms with van der Waals surface area (Å²) in [5, 5.41) is 10.3. The molecule has 2 N–H and O–H groups in total. The van der Waals surface area contributed by atoms with Gasteiger partial charge in [-0.2, -0.15) is 18.2 Å². The Balaban J connectivity index is 0.00000363. The third kappa shape index (κ3) is 8.23. The first-order chi connectivity index (χ1) is 14.9. The number of aliphatic imine (C=N–C) groups is 1. The molecule has 0 amide bonds. The molecule has 32 heavy (non-hydrogen) atoms. The molecule has 1 saturated heterocycles. The van der Waals surface area contributed by atoms with Gasteiger partial charge in [-0.3, -0.25) is 9.89 Å². The third-order valence-electron chi connectivity index (χ3n) is 5.02. The van der Waals surface area contributed by atoms with Gasteiger partial charge in [-0.15, -0.1) is 24.0 Å². The molecular weight excluding hydrogens is 536 g/mol. The average molecular weight is 566 g/mol. The van der Waals surface area contributed by atoms with Crippen LogP contribution in [0.4, 0.5) is 13.2 Å². The van der Waals surface area contributed by atoms with Gasteiger partial charge in [0.2, 0.25) is 0 Å². The summed E-state index contributed by atoms with van der Waals surface area (Å²) in [7, 11) is 0. The predicted molar refractivity (Wildman–Crippen MR) is 128 cm³/mol. The summed E-state index contributed by atoms with van der Waals surface area (Å²) in [6.07, 6.45) is -2.03. The third-order valence-corrected chi connectivity index (χ3v) is 5.02. The maximum atomic E-state index is 12.6. The fraction of sp³-hybridized carbons (Fsp3) is 0.571. The van der Waals surface area contributed by atoms with E-state index in [1.165, 1.54) is 4.90 Å². The highest BCUT2D eigenvalue weighted by Gasteiger charge is 2.34. The van der Waals surface area contributed by atoms with E-state index >= 15 is 0 Å². The Bertz CT molecular complexity index is 856. The van der Waals surface area contributed by atoms with Crippen LogP contribution in [-0.2, 0) is 12.8 Å². The molecule has 3 rings (SSSR count). The van der Waals surface area contributed by atoms with Crippen LogP contribution < -0.4 is 10.6 Å². The summed E-state index contributed by atoms with van der Waals surface area (Å²) in [6.45, 7) is 5.11. The van der Waals surface area contributed by atoms with Gasteiger partial charge in [0.15, 0.2) is 11.8 Å². The molecule has 0 aliphatic carbocycles. The van der Waals surface area contributed by atoms with E-state index in [2.05, 4.69) is 25.8 Å². The Morgan fingerprint density at radius 1 is 1.25 bits per heavy atom. The van der Waals surface area contributed by atoms with E-state index in [1.54, 1.807) is 0 Å². The maximum absolute atomic E-state index is 12.6. The number of hydrogen-bond donors (Lipinski definition) is 2. The van der Waals surface area contributed by atoms with Gasteiger partial charge in [0.1, 0.15) is 0 Å². The lowest BCUT2D eigenvalue weighted by molar-refractivity contribution is -0.143. The number of guanidine groups is 1. The number of nitrogens with zero attached hydrogens (tertiary/aromatic N) is 4. The molecule has 0 spiro atoms. The molecule has 0 bridgehead atoms. The number of aromatic nitrogens is 2. The van der Waals surface area contributed by atoms with Crippen LogP contribution in [0.25, 0.3) is 11.5 Å². The van der Waals surface area contributed by atoms with Crippen LogP contribution in [-0.4, -0.2) is 65.9 Å². The summed E-state index contributed by atoms with van der Waals surface area (Å²) >= 11 is 0. The monoisotopic (exact) mass is 566 g/mol. The van der Waals surface area contributed by atoms with E-state index in [9.17, 15) is 13.2 Å². The zero-order valence-electron chi connectivity index (χ0n) is 18.3. The largest absolute Gasteiger partial charge is 0.401 e. The van der Waals surface area contributed by atoms with Crippen LogP contribution in [0.15, 0.2) is 33.8 Å². The Kier molecular flexibility index (Phi) is 10.2. The van der Waals surface area contributed by atoms with Crippen molar-refractivity contribution in [1.82, 2.24) is 25.7 Å². The lowest BCUT2D eigenvalue weighted by Crippen LogP contribution is -2.45. The normalized spacial score (nSPS) is 17.3. The van der Waals surface area contributed by atoms with Gasteiger partial charge in [-0.25, -0.2) is 0 Å². The van der Waals surface area contributed by atoms with Gasteiger partial charge in [-0.05, 0) is 37.5 Å². The van der Waals surface area contributed by atoms with Crippen molar-refractivity contribution in [1.29, 1.82) is 0 Å². The smallest absolute Gasteiger partial charge is 0.357 e. The van der Waals surface area contributed by atoms with Gasteiger partial charge < -0.3 is 15.2 Å². The first kappa shape index (κ1) is 26.4. The highest BCUT2D eigenvalue weighted by Crippen LogP contribution is 2.20. The summed E-state index contributed by atoms with van der Waals surface area (Å²) < 4.78 is 43.0. The van der Waals surface area contributed by atoms with Crippen LogP contribution in [0.5, 0.6) is 0 Å². The molecule has 1 aliphatic heterocycles. The molecule has 1 fully saturated rings. The fourth-order valence-corrected chi connectivity index (χ4v) is 3.49. The van der Waals surface area contributed by atoms with E-state index in [0.717, 1.165) is 24.0 Å². The van der Waals surface area contributed by atoms with E-state index in [0.29, 0.717) is 50.3 Å². The van der Waals surface area contributed by atoms with Crippen molar-refractivity contribution in [2.24, 2.45) is 4.99 Å².